The molecule has 0 bridgehead atoms. The SMILES string of the molecule is CCC[C@H](OC(=O)c1cc(-c2ccccc2)nc2c(C)cc(Br)cc12)C(=O)c1ccccc1. The molecule has 1 heterocycles. The Kier molecular flexibility index (Phi) is 6.99. The van der Waals surface area contributed by atoms with E-state index in [4.69, 9.17) is 9.72 Å². The van der Waals surface area contributed by atoms with Gasteiger partial charge in [0.25, 0.3) is 0 Å². The minimum atomic E-state index is -0.846. The number of aromatic nitrogens is 1. The summed E-state index contributed by atoms with van der Waals surface area (Å²) in [5.74, 6) is -0.718. The van der Waals surface area contributed by atoms with E-state index in [1.807, 2.05) is 62.4 Å². The zero-order valence-corrected chi connectivity index (χ0v) is 20.1. The first-order chi connectivity index (χ1) is 16.0. The summed E-state index contributed by atoms with van der Waals surface area (Å²) in [4.78, 5) is 31.4. The quantitative estimate of drug-likeness (QED) is 0.198. The molecule has 0 spiro atoms. The van der Waals surface area contributed by atoms with Gasteiger partial charge in [0.2, 0.25) is 5.78 Å². The number of aryl methyl sites for hydroxylation is 1. The summed E-state index contributed by atoms with van der Waals surface area (Å²) in [6, 6.07) is 24.3. The van der Waals surface area contributed by atoms with E-state index in [0.717, 1.165) is 21.1 Å². The third kappa shape index (κ3) is 5.04. The lowest BCUT2D eigenvalue weighted by molar-refractivity contribution is 0.0268. The smallest absolute Gasteiger partial charge is 0.339 e. The van der Waals surface area contributed by atoms with E-state index >= 15 is 0 Å². The molecular formula is C28H24BrNO3. The maximum atomic E-state index is 13.5. The molecule has 166 valence electrons. The van der Waals surface area contributed by atoms with Crippen LogP contribution in [-0.4, -0.2) is 22.8 Å². The van der Waals surface area contributed by atoms with Crippen LogP contribution in [0.2, 0.25) is 0 Å². The molecule has 0 radical (unpaired) electrons. The first kappa shape index (κ1) is 22.9. The summed E-state index contributed by atoms with van der Waals surface area (Å²) in [5, 5.41) is 0.689. The van der Waals surface area contributed by atoms with Crippen molar-refractivity contribution in [3.63, 3.8) is 0 Å². The van der Waals surface area contributed by atoms with Gasteiger partial charge < -0.3 is 4.74 Å². The van der Waals surface area contributed by atoms with Gasteiger partial charge in [-0.15, -0.1) is 0 Å². The van der Waals surface area contributed by atoms with E-state index in [2.05, 4.69) is 15.9 Å². The molecule has 4 rings (SSSR count). The molecule has 0 N–H and O–H groups in total. The highest BCUT2D eigenvalue weighted by Gasteiger charge is 2.26. The number of pyridine rings is 1. The summed E-state index contributed by atoms with van der Waals surface area (Å²) in [6.45, 7) is 3.93. The summed E-state index contributed by atoms with van der Waals surface area (Å²) in [5.41, 5.74) is 4.19. The fourth-order valence-corrected chi connectivity index (χ4v) is 4.44. The van der Waals surface area contributed by atoms with Gasteiger partial charge in [0.1, 0.15) is 0 Å². The van der Waals surface area contributed by atoms with Gasteiger partial charge in [0.15, 0.2) is 6.10 Å². The van der Waals surface area contributed by atoms with Gasteiger partial charge in [0, 0.05) is 21.0 Å². The van der Waals surface area contributed by atoms with Crippen LogP contribution in [0, 0.1) is 6.92 Å². The number of ether oxygens (including phenoxy) is 1. The lowest BCUT2D eigenvalue weighted by Gasteiger charge is -2.18. The van der Waals surface area contributed by atoms with Crippen LogP contribution in [-0.2, 0) is 4.74 Å². The Hall–Kier alpha value is -3.31. The molecule has 0 aliphatic carbocycles. The number of rotatable bonds is 7. The summed E-state index contributed by atoms with van der Waals surface area (Å²) >= 11 is 3.53. The summed E-state index contributed by atoms with van der Waals surface area (Å²) < 4.78 is 6.69. The van der Waals surface area contributed by atoms with Gasteiger partial charge in [-0.3, -0.25) is 4.79 Å². The number of Topliss-reactive ketones (excluding diaryl/α,β-unsaturated/α-hetero) is 1. The predicted molar refractivity (Wildman–Crippen MR) is 134 cm³/mol. The van der Waals surface area contributed by atoms with Crippen molar-refractivity contribution in [1.29, 1.82) is 0 Å². The topological polar surface area (TPSA) is 56.3 Å². The van der Waals surface area contributed by atoms with Gasteiger partial charge in [-0.25, -0.2) is 9.78 Å². The van der Waals surface area contributed by atoms with Gasteiger partial charge >= 0.3 is 5.97 Å². The van der Waals surface area contributed by atoms with Gasteiger partial charge in [-0.1, -0.05) is 89.9 Å². The maximum absolute atomic E-state index is 13.5. The molecule has 0 saturated heterocycles. The zero-order valence-electron chi connectivity index (χ0n) is 18.5. The van der Waals surface area contributed by atoms with Crippen LogP contribution in [0.1, 0.15) is 46.0 Å². The molecule has 1 aromatic heterocycles. The fraction of sp³-hybridized carbons (Fsp3) is 0.179. The monoisotopic (exact) mass is 501 g/mol. The van der Waals surface area contributed by atoms with Gasteiger partial charge in [0.05, 0.1) is 16.8 Å². The normalized spacial score (nSPS) is 11.8. The number of benzene rings is 3. The average molecular weight is 502 g/mol. The number of hydrogen-bond donors (Lipinski definition) is 0. The molecule has 0 aliphatic heterocycles. The molecule has 1 atom stereocenters. The minimum absolute atomic E-state index is 0.190. The first-order valence-electron chi connectivity index (χ1n) is 10.9. The van der Waals surface area contributed by atoms with Gasteiger partial charge in [-0.05, 0) is 37.1 Å². The number of esters is 1. The van der Waals surface area contributed by atoms with Crippen LogP contribution in [0.3, 0.4) is 0 Å². The molecule has 0 amide bonds. The van der Waals surface area contributed by atoms with E-state index < -0.39 is 12.1 Å². The highest BCUT2D eigenvalue weighted by molar-refractivity contribution is 9.10. The van der Waals surface area contributed by atoms with Crippen molar-refractivity contribution in [3.8, 4) is 11.3 Å². The highest BCUT2D eigenvalue weighted by Crippen LogP contribution is 2.30. The molecular weight excluding hydrogens is 478 g/mol. The van der Waals surface area contributed by atoms with Crippen LogP contribution >= 0.6 is 15.9 Å². The molecule has 4 nitrogen and oxygen atoms in total. The van der Waals surface area contributed by atoms with E-state index in [1.165, 1.54) is 0 Å². The third-order valence-corrected chi connectivity index (χ3v) is 5.97. The second-order valence-electron chi connectivity index (χ2n) is 7.95. The van der Waals surface area contributed by atoms with Crippen molar-refractivity contribution < 1.29 is 14.3 Å². The lowest BCUT2D eigenvalue weighted by Crippen LogP contribution is -2.27. The number of fused-ring (bicyclic) bond motifs is 1. The van der Waals surface area contributed by atoms with Crippen LogP contribution in [0.4, 0.5) is 0 Å². The van der Waals surface area contributed by atoms with E-state index in [0.29, 0.717) is 35.0 Å². The molecule has 3 aromatic carbocycles. The zero-order chi connectivity index (χ0) is 23.4. The standard InChI is InChI=1S/C28H24BrNO3/c1-3-10-25(27(31)20-13-8-5-9-14-20)33-28(32)23-17-24(19-11-6-4-7-12-19)30-26-18(2)15-21(29)16-22(23)26/h4-9,11-17,25H,3,10H2,1-2H3/t25-/m0/s1. The molecule has 0 aliphatic rings. The Morgan fingerprint density at radius 3 is 2.30 bits per heavy atom. The van der Waals surface area contributed by atoms with Crippen molar-refractivity contribution in [1.82, 2.24) is 4.98 Å². The van der Waals surface area contributed by atoms with Crippen molar-refractivity contribution in [2.45, 2.75) is 32.8 Å². The highest BCUT2D eigenvalue weighted by atomic mass is 79.9. The minimum Gasteiger partial charge on any atom is -0.450 e. The molecule has 0 saturated carbocycles. The Labute approximate surface area is 201 Å². The number of hydrogen-bond acceptors (Lipinski definition) is 4. The number of carbonyl (C=O) groups is 2. The van der Waals surface area contributed by atoms with E-state index in [1.54, 1.807) is 30.3 Å². The maximum Gasteiger partial charge on any atom is 0.339 e. The fourth-order valence-electron chi connectivity index (χ4n) is 3.87. The number of nitrogens with zero attached hydrogens (tertiary/aromatic N) is 1. The predicted octanol–water partition coefficient (Wildman–Crippen LogP) is 7.18. The first-order valence-corrected chi connectivity index (χ1v) is 11.7. The largest absolute Gasteiger partial charge is 0.450 e. The van der Waals surface area contributed by atoms with E-state index in [9.17, 15) is 9.59 Å². The lowest BCUT2D eigenvalue weighted by atomic mass is 10.0. The molecule has 5 heteroatoms. The van der Waals surface area contributed by atoms with E-state index in [-0.39, 0.29) is 5.78 Å². The Morgan fingerprint density at radius 2 is 1.64 bits per heavy atom. The number of carbonyl (C=O) groups excluding carboxylic acids is 2. The molecule has 0 unspecified atom stereocenters. The second-order valence-corrected chi connectivity index (χ2v) is 8.87. The van der Waals surface area contributed by atoms with Crippen molar-refractivity contribution in [2.24, 2.45) is 0 Å². The summed E-state index contributed by atoms with van der Waals surface area (Å²) in [6.07, 6.45) is 0.325. The molecule has 33 heavy (non-hydrogen) atoms. The summed E-state index contributed by atoms with van der Waals surface area (Å²) in [7, 11) is 0. The second kappa shape index (κ2) is 10.1. The van der Waals surface area contributed by atoms with Crippen LogP contribution in [0.15, 0.2) is 83.3 Å². The Balaban J connectivity index is 1.78. The van der Waals surface area contributed by atoms with Crippen LogP contribution in [0.25, 0.3) is 22.2 Å². The third-order valence-electron chi connectivity index (χ3n) is 5.51. The van der Waals surface area contributed by atoms with Crippen LogP contribution in [0.5, 0.6) is 0 Å². The van der Waals surface area contributed by atoms with Gasteiger partial charge in [-0.2, -0.15) is 0 Å². The Morgan fingerprint density at radius 1 is 0.970 bits per heavy atom. The Bertz CT molecular complexity index is 1300. The van der Waals surface area contributed by atoms with Crippen molar-refractivity contribution in [2.75, 3.05) is 0 Å². The van der Waals surface area contributed by atoms with Crippen molar-refractivity contribution >= 4 is 38.6 Å². The number of halogens is 1. The van der Waals surface area contributed by atoms with Crippen molar-refractivity contribution in [3.05, 3.63) is 100 Å². The molecule has 0 fully saturated rings. The average Bonchev–Trinajstić information content (AvgIpc) is 2.84. The van der Waals surface area contributed by atoms with Crippen LogP contribution < -0.4 is 0 Å². The number of ketones is 1. The molecule has 4 aromatic rings.